The van der Waals surface area contributed by atoms with Crippen molar-refractivity contribution in [3.05, 3.63) is 48.8 Å². The smallest absolute Gasteiger partial charge is 0.236 e. The molecule has 0 amide bonds. The van der Waals surface area contributed by atoms with Gasteiger partial charge in [0.1, 0.15) is 5.82 Å². The molecule has 0 bridgehead atoms. The highest BCUT2D eigenvalue weighted by atomic mass is 16.3. The summed E-state index contributed by atoms with van der Waals surface area (Å²) in [7, 11) is 0. The van der Waals surface area contributed by atoms with E-state index in [1.165, 1.54) is 0 Å². The molecule has 3 rings (SSSR count). The highest BCUT2D eigenvalue weighted by Gasteiger charge is 2.07. The normalized spacial score (nSPS) is 10.8. The SMILES string of the molecule is OCCCNc1nc(-n2cccc2)nc2ccccc12. The fraction of sp³-hybridized carbons (Fsp3) is 0.200. The lowest BCUT2D eigenvalue weighted by atomic mass is 10.2. The van der Waals surface area contributed by atoms with E-state index < -0.39 is 0 Å². The molecule has 0 spiro atoms. The molecule has 2 N–H and O–H groups in total. The van der Waals surface area contributed by atoms with E-state index in [1.54, 1.807) is 0 Å². The van der Waals surface area contributed by atoms with E-state index in [9.17, 15) is 0 Å². The van der Waals surface area contributed by atoms with Crippen LogP contribution in [0.5, 0.6) is 0 Å². The lowest BCUT2D eigenvalue weighted by Gasteiger charge is -2.10. The van der Waals surface area contributed by atoms with Gasteiger partial charge in [0, 0.05) is 30.9 Å². The van der Waals surface area contributed by atoms with E-state index >= 15 is 0 Å². The number of rotatable bonds is 5. The van der Waals surface area contributed by atoms with Crippen molar-refractivity contribution < 1.29 is 5.11 Å². The molecule has 3 aromatic rings. The topological polar surface area (TPSA) is 63.0 Å². The number of nitrogens with zero attached hydrogens (tertiary/aromatic N) is 3. The van der Waals surface area contributed by atoms with Crippen LogP contribution in [0, 0.1) is 0 Å². The Morgan fingerprint density at radius 2 is 1.85 bits per heavy atom. The number of para-hydroxylation sites is 1. The quantitative estimate of drug-likeness (QED) is 0.696. The summed E-state index contributed by atoms with van der Waals surface area (Å²) in [5, 5.41) is 13.1. The zero-order chi connectivity index (χ0) is 13.8. The fourth-order valence-electron chi connectivity index (χ4n) is 2.07. The van der Waals surface area contributed by atoms with Crippen molar-refractivity contribution in [1.82, 2.24) is 14.5 Å². The van der Waals surface area contributed by atoms with E-state index in [0.29, 0.717) is 18.9 Å². The minimum Gasteiger partial charge on any atom is -0.396 e. The molecule has 0 radical (unpaired) electrons. The van der Waals surface area contributed by atoms with Gasteiger partial charge in [-0.15, -0.1) is 0 Å². The first-order valence-electron chi connectivity index (χ1n) is 6.63. The molecule has 102 valence electrons. The zero-order valence-electron chi connectivity index (χ0n) is 11.0. The minimum absolute atomic E-state index is 0.167. The number of hydrogen-bond donors (Lipinski definition) is 2. The Hall–Kier alpha value is -2.40. The molecule has 1 aromatic carbocycles. The largest absolute Gasteiger partial charge is 0.396 e. The highest BCUT2D eigenvalue weighted by Crippen LogP contribution is 2.21. The Morgan fingerprint density at radius 1 is 1.05 bits per heavy atom. The number of nitrogens with one attached hydrogen (secondary N) is 1. The first-order valence-corrected chi connectivity index (χ1v) is 6.63. The second-order valence-corrected chi connectivity index (χ2v) is 4.48. The van der Waals surface area contributed by atoms with Gasteiger partial charge in [0.2, 0.25) is 5.95 Å². The van der Waals surface area contributed by atoms with Crippen molar-refractivity contribution in [3.8, 4) is 5.95 Å². The number of aromatic nitrogens is 3. The monoisotopic (exact) mass is 268 g/mol. The third kappa shape index (κ3) is 2.48. The summed E-state index contributed by atoms with van der Waals surface area (Å²) in [5.41, 5.74) is 0.901. The molecule has 0 fully saturated rings. The standard InChI is InChI=1S/C15H16N4O/c20-11-5-8-16-14-12-6-1-2-7-13(12)17-15(18-14)19-9-3-4-10-19/h1-4,6-7,9-10,20H,5,8,11H2,(H,16,17,18). The molecule has 0 aliphatic rings. The van der Waals surface area contributed by atoms with Crippen molar-refractivity contribution in [3.63, 3.8) is 0 Å². The summed E-state index contributed by atoms with van der Waals surface area (Å²) in [6.45, 7) is 0.850. The number of hydrogen-bond acceptors (Lipinski definition) is 4. The lowest BCUT2D eigenvalue weighted by Crippen LogP contribution is -2.08. The lowest BCUT2D eigenvalue weighted by molar-refractivity contribution is 0.292. The predicted molar refractivity (Wildman–Crippen MR) is 79.1 cm³/mol. The Labute approximate surface area is 116 Å². The van der Waals surface area contributed by atoms with Crippen LogP contribution in [0.2, 0.25) is 0 Å². The summed E-state index contributed by atoms with van der Waals surface area (Å²) < 4.78 is 1.88. The van der Waals surface area contributed by atoms with Crippen LogP contribution in [0.3, 0.4) is 0 Å². The van der Waals surface area contributed by atoms with Crippen LogP contribution in [0.1, 0.15) is 6.42 Å². The van der Waals surface area contributed by atoms with Gasteiger partial charge in [-0.2, -0.15) is 4.98 Å². The average Bonchev–Trinajstić information content (AvgIpc) is 3.01. The van der Waals surface area contributed by atoms with Crippen LogP contribution >= 0.6 is 0 Å². The molecule has 2 heterocycles. The molecule has 5 nitrogen and oxygen atoms in total. The van der Waals surface area contributed by atoms with Crippen LogP contribution in [-0.2, 0) is 0 Å². The highest BCUT2D eigenvalue weighted by molar-refractivity contribution is 5.89. The third-order valence-corrected chi connectivity index (χ3v) is 3.05. The van der Waals surface area contributed by atoms with Crippen molar-refractivity contribution in [2.45, 2.75) is 6.42 Å². The van der Waals surface area contributed by atoms with Crippen molar-refractivity contribution in [2.75, 3.05) is 18.5 Å². The van der Waals surface area contributed by atoms with Crippen LogP contribution in [0.15, 0.2) is 48.8 Å². The number of aliphatic hydroxyl groups excluding tert-OH is 1. The summed E-state index contributed by atoms with van der Waals surface area (Å²) in [4.78, 5) is 9.14. The van der Waals surface area contributed by atoms with Gasteiger partial charge in [0.15, 0.2) is 0 Å². The average molecular weight is 268 g/mol. The summed E-state index contributed by atoms with van der Waals surface area (Å²) >= 11 is 0. The van der Waals surface area contributed by atoms with Crippen LogP contribution in [0.25, 0.3) is 16.9 Å². The van der Waals surface area contributed by atoms with Gasteiger partial charge in [-0.05, 0) is 30.7 Å². The van der Waals surface area contributed by atoms with Gasteiger partial charge in [-0.3, -0.25) is 4.57 Å². The number of anilines is 1. The Kier molecular flexibility index (Phi) is 3.60. The van der Waals surface area contributed by atoms with Gasteiger partial charge in [0.25, 0.3) is 0 Å². The van der Waals surface area contributed by atoms with Crippen molar-refractivity contribution in [2.24, 2.45) is 0 Å². The minimum atomic E-state index is 0.167. The Morgan fingerprint density at radius 3 is 2.65 bits per heavy atom. The Balaban J connectivity index is 2.05. The van der Waals surface area contributed by atoms with Crippen LogP contribution < -0.4 is 5.32 Å². The van der Waals surface area contributed by atoms with E-state index in [0.717, 1.165) is 16.7 Å². The third-order valence-electron chi connectivity index (χ3n) is 3.05. The van der Waals surface area contributed by atoms with E-state index in [1.807, 2.05) is 53.4 Å². The molecule has 0 saturated heterocycles. The first kappa shape index (κ1) is 12.6. The first-order chi connectivity index (χ1) is 9.88. The van der Waals surface area contributed by atoms with Gasteiger partial charge in [-0.1, -0.05) is 12.1 Å². The molecular weight excluding hydrogens is 252 g/mol. The van der Waals surface area contributed by atoms with Crippen LogP contribution in [-0.4, -0.2) is 32.8 Å². The van der Waals surface area contributed by atoms with E-state index in [2.05, 4.69) is 15.3 Å². The number of aliphatic hydroxyl groups is 1. The molecule has 0 atom stereocenters. The van der Waals surface area contributed by atoms with Gasteiger partial charge in [-0.25, -0.2) is 4.98 Å². The predicted octanol–water partition coefficient (Wildman–Crippen LogP) is 2.21. The molecule has 0 aliphatic carbocycles. The maximum atomic E-state index is 8.89. The molecule has 5 heteroatoms. The number of fused-ring (bicyclic) bond motifs is 1. The molecule has 0 aliphatic heterocycles. The molecule has 0 unspecified atom stereocenters. The van der Waals surface area contributed by atoms with Gasteiger partial charge < -0.3 is 10.4 Å². The molecule has 2 aromatic heterocycles. The molecule has 20 heavy (non-hydrogen) atoms. The van der Waals surface area contributed by atoms with Gasteiger partial charge in [0.05, 0.1) is 5.52 Å². The molecule has 0 saturated carbocycles. The maximum Gasteiger partial charge on any atom is 0.236 e. The fourth-order valence-corrected chi connectivity index (χ4v) is 2.07. The molecular formula is C15H16N4O. The van der Waals surface area contributed by atoms with Gasteiger partial charge >= 0.3 is 0 Å². The summed E-state index contributed by atoms with van der Waals surface area (Å²) in [6, 6.07) is 11.8. The maximum absolute atomic E-state index is 8.89. The van der Waals surface area contributed by atoms with Crippen LogP contribution in [0.4, 0.5) is 5.82 Å². The zero-order valence-corrected chi connectivity index (χ0v) is 11.0. The van der Waals surface area contributed by atoms with E-state index in [-0.39, 0.29) is 6.61 Å². The summed E-state index contributed by atoms with van der Waals surface area (Å²) in [5.74, 6) is 1.44. The van der Waals surface area contributed by atoms with Crippen molar-refractivity contribution in [1.29, 1.82) is 0 Å². The summed E-state index contributed by atoms with van der Waals surface area (Å²) in [6.07, 6.45) is 4.53. The second kappa shape index (κ2) is 5.71. The van der Waals surface area contributed by atoms with Crippen molar-refractivity contribution >= 4 is 16.7 Å². The Bertz CT molecular complexity index is 694. The van der Waals surface area contributed by atoms with E-state index in [4.69, 9.17) is 5.11 Å². The number of benzene rings is 1. The second-order valence-electron chi connectivity index (χ2n) is 4.48.